The molecule has 1 aliphatic rings. The lowest BCUT2D eigenvalue weighted by Crippen LogP contribution is -2.74. The fourth-order valence-electron chi connectivity index (χ4n) is 1.56. The molecule has 0 saturated carbocycles. The maximum atomic E-state index is 11.7. The number of carbonyl (C=O) groups is 3. The van der Waals surface area contributed by atoms with Crippen LogP contribution in [0.15, 0.2) is 5.10 Å². The van der Waals surface area contributed by atoms with E-state index in [4.69, 9.17) is 4.74 Å². The van der Waals surface area contributed by atoms with Crippen LogP contribution in [0.1, 0.15) is 26.7 Å². The second-order valence-corrected chi connectivity index (χ2v) is 4.36. The first-order chi connectivity index (χ1) is 9.36. The number of esters is 1. The van der Waals surface area contributed by atoms with Crippen molar-refractivity contribution in [2.24, 2.45) is 5.10 Å². The molecule has 0 aromatic carbocycles. The Balaban J connectivity index is 2.76. The van der Waals surface area contributed by atoms with Gasteiger partial charge in [-0.15, -0.1) is 0 Å². The molecule has 1 fully saturated rings. The van der Waals surface area contributed by atoms with Crippen LogP contribution in [-0.2, 0) is 14.3 Å². The van der Waals surface area contributed by atoms with E-state index in [0.29, 0.717) is 18.2 Å². The van der Waals surface area contributed by atoms with Crippen molar-refractivity contribution < 1.29 is 24.2 Å². The number of hydrogen-bond acceptors (Lipinski definition) is 5. The summed E-state index contributed by atoms with van der Waals surface area (Å²) >= 11 is 0. The predicted molar refractivity (Wildman–Crippen MR) is 70.9 cm³/mol. The molecule has 8 heteroatoms. The van der Waals surface area contributed by atoms with E-state index in [2.05, 4.69) is 10.2 Å². The van der Waals surface area contributed by atoms with Gasteiger partial charge in [-0.05, 0) is 13.8 Å². The molecular formula is C12H19N4O4+. The fraction of sp³-hybridized carbons (Fsp3) is 0.583. The maximum Gasteiger partial charge on any atom is 0.417 e. The molecule has 110 valence electrons. The summed E-state index contributed by atoms with van der Waals surface area (Å²) < 4.78 is 4.79. The van der Waals surface area contributed by atoms with Gasteiger partial charge >= 0.3 is 12.0 Å². The molecule has 1 heterocycles. The highest BCUT2D eigenvalue weighted by molar-refractivity contribution is 6.13. The quantitative estimate of drug-likeness (QED) is 0.394. The Bertz CT molecular complexity index is 484. The smallest absolute Gasteiger partial charge is 0.417 e. The Labute approximate surface area is 117 Å². The van der Waals surface area contributed by atoms with Crippen molar-refractivity contribution in [3.63, 3.8) is 0 Å². The van der Waals surface area contributed by atoms with E-state index in [1.165, 1.54) is 11.9 Å². The predicted octanol–water partition coefficient (Wildman–Crippen LogP) is -1.29. The average molecular weight is 283 g/mol. The molecule has 0 bridgehead atoms. The third-order valence-electron chi connectivity index (χ3n) is 2.75. The van der Waals surface area contributed by atoms with Gasteiger partial charge in [0.1, 0.15) is 6.42 Å². The number of rotatable bonds is 4. The molecule has 1 aliphatic heterocycles. The molecule has 0 aromatic heterocycles. The average Bonchev–Trinajstić information content (AvgIpc) is 2.39. The van der Waals surface area contributed by atoms with Crippen LogP contribution in [0.3, 0.4) is 0 Å². The number of nitrogens with zero attached hydrogens (tertiary/aromatic N) is 3. The normalized spacial score (nSPS) is 18.8. The highest BCUT2D eigenvalue weighted by atomic mass is 16.5. The molecule has 0 unspecified atom stereocenters. The standard InChI is InChI=1S/C12H18N4O4/c1-5-20-11(18)6-8(2)13-14-9-7-10(17)16(4)12(19)15(9)3/h5-7H2,1-4H3/p+1/b13-8+,14-9+. The first-order valence-electron chi connectivity index (χ1n) is 6.21. The summed E-state index contributed by atoms with van der Waals surface area (Å²) in [6.45, 7) is 3.70. The molecule has 0 aromatic rings. The molecule has 1 rings (SSSR count). The van der Waals surface area contributed by atoms with Gasteiger partial charge in [-0.2, -0.15) is 10.0 Å². The van der Waals surface area contributed by atoms with Crippen molar-refractivity contribution in [2.75, 3.05) is 20.7 Å². The van der Waals surface area contributed by atoms with Crippen LogP contribution in [0.4, 0.5) is 4.79 Å². The van der Waals surface area contributed by atoms with Crippen molar-refractivity contribution in [1.29, 1.82) is 0 Å². The topological polar surface area (TPSA) is 93.2 Å². The number of imide groups is 1. The first kappa shape index (κ1) is 15.8. The largest absolute Gasteiger partial charge is 0.466 e. The molecule has 0 radical (unpaired) electrons. The Hall–Kier alpha value is -2.25. The van der Waals surface area contributed by atoms with Crippen molar-refractivity contribution in [3.05, 3.63) is 0 Å². The lowest BCUT2D eigenvalue weighted by Gasteiger charge is -2.23. The van der Waals surface area contributed by atoms with Crippen LogP contribution < -0.4 is 5.10 Å². The van der Waals surface area contributed by atoms with E-state index in [9.17, 15) is 14.4 Å². The summed E-state index contributed by atoms with van der Waals surface area (Å²) in [5, 5.41) is 6.63. The van der Waals surface area contributed by atoms with Gasteiger partial charge in [0, 0.05) is 7.05 Å². The zero-order valence-corrected chi connectivity index (χ0v) is 12.1. The second kappa shape index (κ2) is 6.78. The number of urea groups is 1. The summed E-state index contributed by atoms with van der Waals surface area (Å²) in [5.74, 6) is -0.306. The van der Waals surface area contributed by atoms with Gasteiger partial charge in [-0.1, -0.05) is 5.10 Å². The molecule has 0 aliphatic carbocycles. The molecule has 0 spiro atoms. The number of carbonyl (C=O) groups excluding carboxylic acids is 3. The van der Waals surface area contributed by atoms with Gasteiger partial charge in [0.2, 0.25) is 5.91 Å². The van der Waals surface area contributed by atoms with Crippen LogP contribution in [0.25, 0.3) is 0 Å². The number of amides is 3. The fourth-order valence-corrected chi connectivity index (χ4v) is 1.56. The lowest BCUT2D eigenvalue weighted by molar-refractivity contribution is -0.468. The molecule has 0 atom stereocenters. The van der Waals surface area contributed by atoms with Crippen molar-refractivity contribution in [3.8, 4) is 0 Å². The number of ether oxygens (including phenoxy) is 1. The summed E-state index contributed by atoms with van der Waals surface area (Å²) in [6, 6.07) is -0.429. The SMILES string of the molecule is CCOC(=O)C/C(C)=N/[NH+]=C1\CC(=O)N(C)C(=O)N1C. The molecular weight excluding hydrogens is 264 g/mol. The van der Waals surface area contributed by atoms with Crippen LogP contribution in [0.5, 0.6) is 0 Å². The van der Waals surface area contributed by atoms with Gasteiger partial charge in [0.15, 0.2) is 0 Å². The van der Waals surface area contributed by atoms with E-state index in [1.807, 2.05) is 0 Å². The maximum absolute atomic E-state index is 11.7. The van der Waals surface area contributed by atoms with Gasteiger partial charge in [-0.25, -0.2) is 9.69 Å². The van der Waals surface area contributed by atoms with Gasteiger partial charge in [-0.3, -0.25) is 9.59 Å². The molecule has 3 amide bonds. The summed E-state index contributed by atoms with van der Waals surface area (Å²) in [7, 11) is 2.97. The Morgan fingerprint density at radius 3 is 2.60 bits per heavy atom. The number of hydrazone groups is 1. The van der Waals surface area contributed by atoms with Crippen LogP contribution in [0, 0.1) is 0 Å². The van der Waals surface area contributed by atoms with Crippen LogP contribution in [0.2, 0.25) is 0 Å². The summed E-state index contributed by atoms with van der Waals surface area (Å²) in [6.07, 6.45) is 0.106. The van der Waals surface area contributed by atoms with E-state index in [-0.39, 0.29) is 24.7 Å². The molecule has 20 heavy (non-hydrogen) atoms. The van der Waals surface area contributed by atoms with E-state index in [1.54, 1.807) is 20.9 Å². The van der Waals surface area contributed by atoms with Gasteiger partial charge in [0.25, 0.3) is 5.84 Å². The zero-order valence-electron chi connectivity index (χ0n) is 12.1. The number of amidine groups is 1. The van der Waals surface area contributed by atoms with Gasteiger partial charge in [0.05, 0.1) is 25.8 Å². The van der Waals surface area contributed by atoms with E-state index >= 15 is 0 Å². The Morgan fingerprint density at radius 2 is 2.00 bits per heavy atom. The van der Waals surface area contributed by atoms with Crippen molar-refractivity contribution in [2.45, 2.75) is 26.7 Å². The molecule has 1 saturated heterocycles. The van der Waals surface area contributed by atoms with Crippen LogP contribution >= 0.6 is 0 Å². The van der Waals surface area contributed by atoms with E-state index < -0.39 is 6.03 Å². The summed E-state index contributed by atoms with van der Waals surface area (Å²) in [5.41, 5.74) is 0.503. The van der Waals surface area contributed by atoms with Crippen LogP contribution in [-0.4, -0.2) is 60.0 Å². The summed E-state index contributed by atoms with van der Waals surface area (Å²) in [4.78, 5) is 36.9. The highest BCUT2D eigenvalue weighted by Crippen LogP contribution is 2.05. The third-order valence-corrected chi connectivity index (χ3v) is 2.75. The second-order valence-electron chi connectivity index (χ2n) is 4.36. The Kier molecular flexibility index (Phi) is 5.36. The molecule has 1 N–H and O–H groups in total. The molecule has 8 nitrogen and oxygen atoms in total. The van der Waals surface area contributed by atoms with Gasteiger partial charge < -0.3 is 4.74 Å². The highest BCUT2D eigenvalue weighted by Gasteiger charge is 2.38. The minimum Gasteiger partial charge on any atom is -0.466 e. The lowest BCUT2D eigenvalue weighted by atomic mass is 10.3. The van der Waals surface area contributed by atoms with Crippen molar-refractivity contribution in [1.82, 2.24) is 9.80 Å². The number of hydrogen-bond donors (Lipinski definition) is 1. The van der Waals surface area contributed by atoms with E-state index in [0.717, 1.165) is 4.90 Å². The van der Waals surface area contributed by atoms with Crippen molar-refractivity contribution >= 4 is 29.5 Å². The third kappa shape index (κ3) is 3.87. The first-order valence-corrected chi connectivity index (χ1v) is 6.21. The zero-order chi connectivity index (χ0) is 15.3. The number of nitrogens with one attached hydrogen (secondary N) is 1. The Morgan fingerprint density at radius 1 is 1.35 bits per heavy atom. The minimum atomic E-state index is -0.429. The monoisotopic (exact) mass is 283 g/mol. The minimum absolute atomic E-state index is 0.0505.